The van der Waals surface area contributed by atoms with Gasteiger partial charge in [0.25, 0.3) is 11.8 Å². The van der Waals surface area contributed by atoms with Crippen LogP contribution in [0.5, 0.6) is 5.75 Å². The van der Waals surface area contributed by atoms with Gasteiger partial charge in [0.05, 0.1) is 23.2 Å². The fourth-order valence-electron chi connectivity index (χ4n) is 3.25. The number of esters is 1. The van der Waals surface area contributed by atoms with Crippen LogP contribution in [0.1, 0.15) is 53.9 Å². The van der Waals surface area contributed by atoms with Crippen molar-refractivity contribution in [3.05, 3.63) is 101 Å². The van der Waals surface area contributed by atoms with Crippen molar-refractivity contribution in [1.29, 1.82) is 0 Å². The normalized spacial score (nSPS) is 12.6. The number of Topliss-reactive ketones (excluding diaryl/α,β-unsaturated/α-hetero) is 1. The average molecular weight is 399 g/mol. The summed E-state index contributed by atoms with van der Waals surface area (Å²) < 4.78 is 5.32. The summed E-state index contributed by atoms with van der Waals surface area (Å²) in [4.78, 5) is 50.4. The van der Waals surface area contributed by atoms with E-state index < -0.39 is 17.8 Å². The molecule has 0 aliphatic carbocycles. The quantitative estimate of drug-likeness (QED) is 0.281. The highest BCUT2D eigenvalue weighted by Gasteiger charge is 2.36. The van der Waals surface area contributed by atoms with Crippen molar-refractivity contribution in [1.82, 2.24) is 4.90 Å². The molecule has 3 aromatic rings. The van der Waals surface area contributed by atoms with E-state index in [9.17, 15) is 19.2 Å². The molecule has 0 N–H and O–H groups in total. The van der Waals surface area contributed by atoms with E-state index in [-0.39, 0.29) is 34.8 Å². The molecule has 1 aliphatic heterocycles. The third-order valence-corrected chi connectivity index (χ3v) is 4.86. The Morgan fingerprint density at radius 2 is 1.43 bits per heavy atom. The number of carbonyl (C=O) groups is 4. The van der Waals surface area contributed by atoms with Crippen LogP contribution in [0.4, 0.5) is 0 Å². The highest BCUT2D eigenvalue weighted by Crippen LogP contribution is 2.26. The molecule has 0 aromatic heterocycles. The number of carbonyl (C=O) groups excluding carboxylic acids is 4. The maximum Gasteiger partial charge on any atom is 0.343 e. The molecule has 4 rings (SSSR count). The number of hydrogen-bond acceptors (Lipinski definition) is 5. The lowest BCUT2D eigenvalue weighted by Gasteiger charge is -2.13. The van der Waals surface area contributed by atoms with Crippen LogP contribution in [0.3, 0.4) is 0 Å². The van der Waals surface area contributed by atoms with Gasteiger partial charge in [-0.05, 0) is 55.0 Å². The monoisotopic (exact) mass is 399 g/mol. The number of benzene rings is 3. The van der Waals surface area contributed by atoms with Crippen LogP contribution in [0, 0.1) is 0 Å². The van der Waals surface area contributed by atoms with Crippen molar-refractivity contribution >= 4 is 23.6 Å². The zero-order valence-electron chi connectivity index (χ0n) is 16.1. The molecule has 0 fully saturated rings. The second-order valence-electron chi connectivity index (χ2n) is 6.91. The maximum absolute atomic E-state index is 12.8. The first-order valence-electron chi connectivity index (χ1n) is 9.31. The van der Waals surface area contributed by atoms with Crippen molar-refractivity contribution in [2.45, 2.75) is 13.5 Å². The molecule has 0 saturated heterocycles. The van der Waals surface area contributed by atoms with Crippen LogP contribution in [0.2, 0.25) is 0 Å². The van der Waals surface area contributed by atoms with Crippen LogP contribution >= 0.6 is 0 Å². The van der Waals surface area contributed by atoms with Crippen LogP contribution in [-0.2, 0) is 6.54 Å². The predicted octanol–water partition coefficient (Wildman–Crippen LogP) is 3.90. The number of imide groups is 1. The summed E-state index contributed by atoms with van der Waals surface area (Å²) in [5, 5.41) is 0. The van der Waals surface area contributed by atoms with Gasteiger partial charge in [-0.2, -0.15) is 0 Å². The molecule has 2 amide bonds. The number of amides is 2. The summed E-state index contributed by atoms with van der Waals surface area (Å²) in [6, 6.07) is 19.7. The summed E-state index contributed by atoms with van der Waals surface area (Å²) >= 11 is 0. The second kappa shape index (κ2) is 7.75. The van der Waals surface area contributed by atoms with E-state index in [0.29, 0.717) is 5.56 Å². The van der Waals surface area contributed by atoms with Crippen molar-refractivity contribution < 1.29 is 23.9 Å². The van der Waals surface area contributed by atoms with Crippen molar-refractivity contribution in [2.24, 2.45) is 0 Å². The number of ketones is 1. The first-order valence-corrected chi connectivity index (χ1v) is 9.31. The fourth-order valence-corrected chi connectivity index (χ4v) is 3.25. The van der Waals surface area contributed by atoms with E-state index >= 15 is 0 Å². The lowest BCUT2D eigenvalue weighted by atomic mass is 10.1. The maximum atomic E-state index is 12.8. The molecule has 3 aromatic carbocycles. The number of hydrogen-bond donors (Lipinski definition) is 0. The molecule has 0 atom stereocenters. The first-order chi connectivity index (χ1) is 14.4. The minimum absolute atomic E-state index is 0.0882. The summed E-state index contributed by atoms with van der Waals surface area (Å²) in [5.74, 6) is -1.30. The Morgan fingerprint density at radius 1 is 0.800 bits per heavy atom. The molecule has 0 bridgehead atoms. The van der Waals surface area contributed by atoms with Gasteiger partial charge >= 0.3 is 5.97 Å². The van der Waals surface area contributed by atoms with Gasteiger partial charge in [-0.3, -0.25) is 19.3 Å². The van der Waals surface area contributed by atoms with Crippen LogP contribution in [-0.4, -0.2) is 28.5 Å². The van der Waals surface area contributed by atoms with Gasteiger partial charge in [-0.25, -0.2) is 4.79 Å². The Morgan fingerprint density at radius 3 is 2.10 bits per heavy atom. The lowest BCUT2D eigenvalue weighted by Crippen LogP contribution is -2.29. The molecule has 0 spiro atoms. The number of nitrogens with zero attached hydrogens (tertiary/aromatic N) is 1. The SMILES string of the molecule is CC(=O)c1ccc(OC(=O)c2ccc3c(c2)C(=O)N(Cc2ccccc2)C3=O)cc1. The molecule has 1 heterocycles. The molecular formula is C24H17NO5. The van der Waals surface area contributed by atoms with Gasteiger partial charge < -0.3 is 4.74 Å². The topological polar surface area (TPSA) is 80.8 Å². The van der Waals surface area contributed by atoms with Gasteiger partial charge in [-0.1, -0.05) is 30.3 Å². The van der Waals surface area contributed by atoms with Crippen LogP contribution in [0.25, 0.3) is 0 Å². The largest absolute Gasteiger partial charge is 0.423 e. The lowest BCUT2D eigenvalue weighted by molar-refractivity contribution is 0.0641. The van der Waals surface area contributed by atoms with Crippen LogP contribution in [0.15, 0.2) is 72.8 Å². The molecule has 0 saturated carbocycles. The van der Waals surface area contributed by atoms with E-state index in [1.807, 2.05) is 30.3 Å². The predicted molar refractivity (Wildman–Crippen MR) is 108 cm³/mol. The Kier molecular flexibility index (Phi) is 4.98. The first kappa shape index (κ1) is 19.3. The Labute approximate surface area is 172 Å². The van der Waals surface area contributed by atoms with Crippen molar-refractivity contribution in [3.63, 3.8) is 0 Å². The third-order valence-electron chi connectivity index (χ3n) is 4.86. The van der Waals surface area contributed by atoms with Gasteiger partial charge in [0.1, 0.15) is 5.75 Å². The molecule has 0 unspecified atom stereocenters. The molecule has 6 nitrogen and oxygen atoms in total. The Balaban J connectivity index is 1.53. The summed E-state index contributed by atoms with van der Waals surface area (Å²) in [5.41, 5.74) is 1.94. The molecular weight excluding hydrogens is 382 g/mol. The van der Waals surface area contributed by atoms with Crippen molar-refractivity contribution in [3.8, 4) is 5.75 Å². The highest BCUT2D eigenvalue weighted by molar-refractivity contribution is 6.21. The molecule has 30 heavy (non-hydrogen) atoms. The van der Waals surface area contributed by atoms with E-state index in [0.717, 1.165) is 10.5 Å². The number of fused-ring (bicyclic) bond motifs is 1. The standard InChI is InChI=1S/C24H17NO5/c1-15(26)17-7-10-19(11-8-17)30-24(29)18-9-12-20-21(13-18)23(28)25(22(20)27)14-16-5-3-2-4-6-16/h2-13H,14H2,1H3. The third kappa shape index (κ3) is 3.63. The average Bonchev–Trinajstić information content (AvgIpc) is 2.99. The molecule has 148 valence electrons. The Hall–Kier alpha value is -4.06. The van der Waals surface area contributed by atoms with Crippen molar-refractivity contribution in [2.75, 3.05) is 0 Å². The van der Waals surface area contributed by atoms with E-state index in [4.69, 9.17) is 4.74 Å². The van der Waals surface area contributed by atoms with Gasteiger partial charge in [-0.15, -0.1) is 0 Å². The highest BCUT2D eigenvalue weighted by atomic mass is 16.5. The minimum atomic E-state index is -0.657. The van der Waals surface area contributed by atoms with Gasteiger partial charge in [0.15, 0.2) is 5.78 Å². The fraction of sp³-hybridized carbons (Fsp3) is 0.0833. The van der Waals surface area contributed by atoms with Gasteiger partial charge in [0.2, 0.25) is 0 Å². The van der Waals surface area contributed by atoms with E-state index in [2.05, 4.69) is 0 Å². The Bertz CT molecular complexity index is 1170. The minimum Gasteiger partial charge on any atom is -0.423 e. The summed E-state index contributed by atoms with van der Waals surface area (Å²) in [6.07, 6.45) is 0. The molecule has 0 radical (unpaired) electrons. The zero-order valence-corrected chi connectivity index (χ0v) is 16.1. The molecule has 1 aliphatic rings. The van der Waals surface area contributed by atoms with Gasteiger partial charge in [0, 0.05) is 5.56 Å². The number of rotatable bonds is 5. The summed E-state index contributed by atoms with van der Waals surface area (Å²) in [6.45, 7) is 1.61. The smallest absolute Gasteiger partial charge is 0.343 e. The van der Waals surface area contributed by atoms with E-state index in [1.165, 1.54) is 37.3 Å². The zero-order chi connectivity index (χ0) is 21.3. The number of ether oxygens (including phenoxy) is 1. The molecule has 6 heteroatoms. The summed E-state index contributed by atoms with van der Waals surface area (Å²) in [7, 11) is 0. The van der Waals surface area contributed by atoms with E-state index in [1.54, 1.807) is 12.1 Å². The van der Waals surface area contributed by atoms with Crippen LogP contribution < -0.4 is 4.74 Å². The second-order valence-corrected chi connectivity index (χ2v) is 6.91.